The molecule has 5 rings (SSSR count). The first-order chi connectivity index (χ1) is 13.1. The molecule has 7 nitrogen and oxygen atoms in total. The molecule has 0 saturated carbocycles. The molecule has 0 radical (unpaired) electrons. The van der Waals surface area contributed by atoms with Crippen molar-refractivity contribution in [3.8, 4) is 11.5 Å². The van der Waals surface area contributed by atoms with Crippen molar-refractivity contribution in [2.45, 2.75) is 37.8 Å². The lowest BCUT2D eigenvalue weighted by molar-refractivity contribution is -0.0935. The van der Waals surface area contributed by atoms with Crippen LogP contribution in [-0.4, -0.2) is 53.5 Å². The van der Waals surface area contributed by atoms with E-state index in [2.05, 4.69) is 22.0 Å². The molecule has 2 fully saturated rings. The maximum atomic E-state index is 6.31. The number of halogens is 1. The summed E-state index contributed by atoms with van der Waals surface area (Å²) in [4.78, 5) is 7.05. The Balaban J connectivity index is 1.31. The highest BCUT2D eigenvalue weighted by molar-refractivity contribution is 6.32. The average Bonchev–Trinajstić information content (AvgIpc) is 3.27. The van der Waals surface area contributed by atoms with Gasteiger partial charge in [-0.2, -0.15) is 4.98 Å². The fourth-order valence-electron chi connectivity index (χ4n) is 4.15. The van der Waals surface area contributed by atoms with E-state index in [0.717, 1.165) is 18.7 Å². The number of hydrogen-bond acceptors (Lipinski definition) is 7. The molecule has 2 unspecified atom stereocenters. The van der Waals surface area contributed by atoms with Crippen molar-refractivity contribution in [1.82, 2.24) is 15.0 Å². The molecule has 0 N–H and O–H groups in total. The van der Waals surface area contributed by atoms with Crippen molar-refractivity contribution in [2.24, 2.45) is 0 Å². The molecule has 0 spiro atoms. The van der Waals surface area contributed by atoms with Gasteiger partial charge in [0, 0.05) is 12.1 Å². The third-order valence-electron chi connectivity index (χ3n) is 5.67. The van der Waals surface area contributed by atoms with E-state index in [1.165, 1.54) is 12.8 Å². The van der Waals surface area contributed by atoms with Crippen LogP contribution in [0.5, 0.6) is 11.5 Å². The van der Waals surface area contributed by atoms with Crippen LogP contribution in [0, 0.1) is 0 Å². The summed E-state index contributed by atoms with van der Waals surface area (Å²) < 4.78 is 22.7. The number of morpholine rings is 1. The van der Waals surface area contributed by atoms with Crippen LogP contribution in [0.1, 0.15) is 43.1 Å². The van der Waals surface area contributed by atoms with E-state index in [9.17, 15) is 0 Å². The molecule has 4 heterocycles. The summed E-state index contributed by atoms with van der Waals surface area (Å²) in [5.74, 6) is 2.41. The van der Waals surface area contributed by atoms with Gasteiger partial charge in [0.05, 0.1) is 18.1 Å². The second-order valence-electron chi connectivity index (χ2n) is 7.67. The fourth-order valence-corrected chi connectivity index (χ4v) is 4.44. The highest BCUT2D eigenvalue weighted by Crippen LogP contribution is 2.39. The quantitative estimate of drug-likeness (QED) is 0.796. The van der Waals surface area contributed by atoms with Crippen molar-refractivity contribution in [2.75, 3.05) is 32.9 Å². The first kappa shape index (κ1) is 17.3. The van der Waals surface area contributed by atoms with Gasteiger partial charge in [0.15, 0.2) is 11.5 Å². The maximum absolute atomic E-state index is 6.31. The molecular weight excluding hydrogens is 370 g/mol. The minimum Gasteiger partial charge on any atom is -0.486 e. The first-order valence-electron chi connectivity index (χ1n) is 9.38. The Bertz CT molecular complexity index is 857. The lowest BCUT2D eigenvalue weighted by Crippen LogP contribution is -2.51. The topological polar surface area (TPSA) is 69.9 Å². The van der Waals surface area contributed by atoms with Gasteiger partial charge in [-0.05, 0) is 44.0 Å². The number of fused-ring (bicyclic) bond motifs is 2. The van der Waals surface area contributed by atoms with Gasteiger partial charge in [-0.3, -0.25) is 4.90 Å². The van der Waals surface area contributed by atoms with Gasteiger partial charge < -0.3 is 18.7 Å². The highest BCUT2D eigenvalue weighted by atomic mass is 35.5. The summed E-state index contributed by atoms with van der Waals surface area (Å²) in [6.07, 6.45) is 2.74. The van der Waals surface area contributed by atoms with Gasteiger partial charge in [0.25, 0.3) is 0 Å². The molecular formula is C19H22ClN3O4. The molecule has 8 heteroatoms. The van der Waals surface area contributed by atoms with E-state index in [1.54, 1.807) is 0 Å². The number of benzene rings is 1. The van der Waals surface area contributed by atoms with Crippen LogP contribution in [0.15, 0.2) is 16.7 Å². The summed E-state index contributed by atoms with van der Waals surface area (Å²) in [6, 6.07) is 3.77. The van der Waals surface area contributed by atoms with Crippen molar-refractivity contribution in [1.29, 1.82) is 0 Å². The van der Waals surface area contributed by atoms with Gasteiger partial charge in [0.1, 0.15) is 19.3 Å². The molecule has 0 amide bonds. The molecule has 2 aromatic rings. The van der Waals surface area contributed by atoms with Crippen molar-refractivity contribution >= 4 is 11.6 Å². The lowest BCUT2D eigenvalue weighted by Gasteiger charge is -2.42. The molecule has 0 aliphatic carbocycles. The maximum Gasteiger partial charge on any atom is 0.231 e. The van der Waals surface area contributed by atoms with Crippen LogP contribution in [0.25, 0.3) is 0 Å². The predicted molar refractivity (Wildman–Crippen MR) is 97.5 cm³/mol. The predicted octanol–water partition coefficient (Wildman–Crippen LogP) is 3.01. The smallest absolute Gasteiger partial charge is 0.231 e. The summed E-state index contributed by atoms with van der Waals surface area (Å²) in [5, 5.41) is 4.69. The van der Waals surface area contributed by atoms with Gasteiger partial charge in [-0.15, -0.1) is 0 Å². The largest absolute Gasteiger partial charge is 0.486 e. The zero-order valence-electron chi connectivity index (χ0n) is 15.2. The second-order valence-corrected chi connectivity index (χ2v) is 8.08. The van der Waals surface area contributed by atoms with E-state index in [0.29, 0.717) is 54.5 Å². The van der Waals surface area contributed by atoms with E-state index in [-0.39, 0.29) is 11.6 Å². The Morgan fingerprint density at radius 1 is 1.30 bits per heavy atom. The minimum absolute atomic E-state index is 0.141. The van der Waals surface area contributed by atoms with E-state index in [4.69, 9.17) is 30.3 Å². The number of aromatic nitrogens is 2. The zero-order chi connectivity index (χ0) is 18.4. The zero-order valence-corrected chi connectivity index (χ0v) is 16.0. The standard InChI is InChI=1S/C19H22ClN3O4/c1-19-3-2-4-23(19)10-15(26-11-19)18-21-16(27-22-18)9-12-7-13(20)17-14(8-12)24-5-6-25-17/h7-8,15H,2-6,9-11H2,1H3. The Hall–Kier alpha value is -1.83. The number of hydrogen-bond donors (Lipinski definition) is 0. The molecule has 0 bridgehead atoms. The van der Waals surface area contributed by atoms with Crippen molar-refractivity contribution in [3.63, 3.8) is 0 Å². The Labute approximate surface area is 162 Å². The minimum atomic E-state index is -0.141. The molecule has 2 saturated heterocycles. The van der Waals surface area contributed by atoms with E-state index < -0.39 is 0 Å². The van der Waals surface area contributed by atoms with Crippen LogP contribution in [0.4, 0.5) is 0 Å². The third-order valence-corrected chi connectivity index (χ3v) is 5.95. The first-order valence-corrected chi connectivity index (χ1v) is 9.76. The van der Waals surface area contributed by atoms with Crippen molar-refractivity contribution in [3.05, 3.63) is 34.4 Å². The Morgan fingerprint density at radius 3 is 3.11 bits per heavy atom. The average molecular weight is 392 g/mol. The lowest BCUT2D eigenvalue weighted by atomic mass is 9.98. The summed E-state index contributed by atoms with van der Waals surface area (Å²) in [6.45, 7) is 5.92. The molecule has 1 aromatic carbocycles. The summed E-state index contributed by atoms with van der Waals surface area (Å²) in [5.41, 5.74) is 1.10. The second kappa shape index (κ2) is 6.65. The summed E-state index contributed by atoms with van der Waals surface area (Å²) >= 11 is 6.31. The van der Waals surface area contributed by atoms with E-state index >= 15 is 0 Å². The van der Waals surface area contributed by atoms with Crippen LogP contribution < -0.4 is 9.47 Å². The number of rotatable bonds is 3. The number of ether oxygens (including phenoxy) is 3. The monoisotopic (exact) mass is 391 g/mol. The van der Waals surface area contributed by atoms with E-state index in [1.807, 2.05) is 12.1 Å². The normalized spacial score (nSPS) is 27.6. The van der Waals surface area contributed by atoms with Gasteiger partial charge in [0.2, 0.25) is 11.7 Å². The highest BCUT2D eigenvalue weighted by Gasteiger charge is 2.43. The summed E-state index contributed by atoms with van der Waals surface area (Å²) in [7, 11) is 0. The Morgan fingerprint density at radius 2 is 2.19 bits per heavy atom. The van der Waals surface area contributed by atoms with Gasteiger partial charge in [-0.1, -0.05) is 16.8 Å². The van der Waals surface area contributed by atoms with Gasteiger partial charge in [-0.25, -0.2) is 0 Å². The number of nitrogens with zero attached hydrogens (tertiary/aromatic N) is 3. The van der Waals surface area contributed by atoms with Crippen LogP contribution in [-0.2, 0) is 11.2 Å². The molecule has 1 aromatic heterocycles. The SMILES string of the molecule is CC12CCCN1CC(c1noc(Cc3cc(Cl)c4c(c3)OCCO4)n1)OC2. The van der Waals surface area contributed by atoms with Crippen LogP contribution >= 0.6 is 11.6 Å². The molecule has 3 aliphatic rings. The third kappa shape index (κ3) is 3.17. The molecule has 144 valence electrons. The Kier molecular flexibility index (Phi) is 4.26. The van der Waals surface area contributed by atoms with Crippen LogP contribution in [0.2, 0.25) is 5.02 Å². The van der Waals surface area contributed by atoms with Crippen molar-refractivity contribution < 1.29 is 18.7 Å². The molecule has 2 atom stereocenters. The fraction of sp³-hybridized carbons (Fsp3) is 0.579. The molecule has 3 aliphatic heterocycles. The van der Waals surface area contributed by atoms with Crippen LogP contribution in [0.3, 0.4) is 0 Å². The van der Waals surface area contributed by atoms with Gasteiger partial charge >= 0.3 is 0 Å². The molecule has 27 heavy (non-hydrogen) atoms.